The third kappa shape index (κ3) is 8.56. The SMILES string of the molecule is O=C(C(CN1CCN(c2cc(C(F)(F)F)ccn2)CC1)c1ccccn1)C(CN1CCN(c2cc(C(F)(F)F)ccn2)CC1)c1ccccn1. The number of alkyl halides is 6. The zero-order chi connectivity index (χ0) is 35.3. The van der Waals surface area contributed by atoms with Crippen LogP contribution in [0.3, 0.4) is 0 Å². The highest BCUT2D eigenvalue weighted by Gasteiger charge is 2.36. The van der Waals surface area contributed by atoms with Gasteiger partial charge < -0.3 is 9.80 Å². The van der Waals surface area contributed by atoms with Crippen LogP contribution in [0.1, 0.15) is 34.4 Å². The van der Waals surface area contributed by atoms with Gasteiger partial charge in [0.2, 0.25) is 0 Å². The first-order valence-corrected chi connectivity index (χ1v) is 16.3. The number of aromatic nitrogens is 4. The van der Waals surface area contributed by atoms with Crippen LogP contribution in [0.4, 0.5) is 38.0 Å². The highest BCUT2D eigenvalue weighted by Crippen LogP contribution is 2.33. The number of piperazine rings is 2. The molecule has 0 amide bonds. The minimum atomic E-state index is -4.47. The number of nitrogens with zero attached hydrogens (tertiary/aromatic N) is 8. The average molecular weight is 699 g/mol. The topological polar surface area (TPSA) is 81.6 Å². The molecule has 2 atom stereocenters. The van der Waals surface area contributed by atoms with Gasteiger partial charge in [0.1, 0.15) is 11.6 Å². The van der Waals surface area contributed by atoms with E-state index < -0.39 is 35.3 Å². The van der Waals surface area contributed by atoms with Gasteiger partial charge in [-0.3, -0.25) is 24.6 Å². The molecule has 264 valence electrons. The molecule has 50 heavy (non-hydrogen) atoms. The molecule has 2 aliphatic heterocycles. The summed E-state index contributed by atoms with van der Waals surface area (Å²) < 4.78 is 79.9. The lowest BCUT2D eigenvalue weighted by molar-refractivity contribution is -0.138. The van der Waals surface area contributed by atoms with Crippen molar-refractivity contribution in [1.29, 1.82) is 0 Å². The van der Waals surface area contributed by atoms with Crippen LogP contribution in [0.15, 0.2) is 85.5 Å². The molecule has 0 aromatic carbocycles. The second-order valence-corrected chi connectivity index (χ2v) is 12.4. The van der Waals surface area contributed by atoms with Crippen LogP contribution in [0, 0.1) is 0 Å². The monoisotopic (exact) mass is 698 g/mol. The molecule has 4 aromatic heterocycles. The van der Waals surface area contributed by atoms with E-state index in [-0.39, 0.29) is 17.4 Å². The minimum Gasteiger partial charge on any atom is -0.354 e. The molecule has 0 radical (unpaired) electrons. The molecule has 9 nitrogen and oxygen atoms in total. The van der Waals surface area contributed by atoms with Gasteiger partial charge in [0.15, 0.2) is 5.78 Å². The Kier molecular flexibility index (Phi) is 10.6. The van der Waals surface area contributed by atoms with E-state index in [1.807, 2.05) is 34.1 Å². The van der Waals surface area contributed by atoms with Gasteiger partial charge in [-0.05, 0) is 48.5 Å². The number of Topliss-reactive ketones (excluding diaryl/α,β-unsaturated/α-hetero) is 1. The van der Waals surface area contributed by atoms with E-state index in [0.29, 0.717) is 76.8 Å². The van der Waals surface area contributed by atoms with Crippen molar-refractivity contribution >= 4 is 17.4 Å². The maximum absolute atomic E-state index is 14.6. The van der Waals surface area contributed by atoms with E-state index in [0.717, 1.165) is 24.3 Å². The number of halogens is 6. The van der Waals surface area contributed by atoms with Crippen LogP contribution >= 0.6 is 0 Å². The number of anilines is 2. The van der Waals surface area contributed by atoms with Crippen LogP contribution in [0.5, 0.6) is 0 Å². The Bertz CT molecular complexity index is 1580. The molecule has 2 saturated heterocycles. The van der Waals surface area contributed by atoms with Crippen molar-refractivity contribution in [1.82, 2.24) is 29.7 Å². The molecule has 0 spiro atoms. The number of hydrogen-bond donors (Lipinski definition) is 0. The first-order chi connectivity index (χ1) is 24.0. The maximum atomic E-state index is 14.6. The van der Waals surface area contributed by atoms with E-state index in [2.05, 4.69) is 29.7 Å². The smallest absolute Gasteiger partial charge is 0.354 e. The van der Waals surface area contributed by atoms with Gasteiger partial charge in [-0.15, -0.1) is 0 Å². The van der Waals surface area contributed by atoms with Gasteiger partial charge in [-0.1, -0.05) is 12.1 Å². The Morgan fingerprint density at radius 2 is 0.960 bits per heavy atom. The molecular weight excluding hydrogens is 662 g/mol. The summed E-state index contributed by atoms with van der Waals surface area (Å²) >= 11 is 0. The molecule has 0 bridgehead atoms. The Hall–Kier alpha value is -4.63. The number of hydrogen-bond acceptors (Lipinski definition) is 9. The fourth-order valence-corrected chi connectivity index (χ4v) is 6.44. The van der Waals surface area contributed by atoms with Gasteiger partial charge in [-0.25, -0.2) is 9.97 Å². The van der Waals surface area contributed by atoms with Crippen LogP contribution in [-0.2, 0) is 17.1 Å². The van der Waals surface area contributed by atoms with Crippen LogP contribution in [-0.4, -0.2) is 101 Å². The molecule has 2 fully saturated rings. The first kappa shape index (κ1) is 35.2. The van der Waals surface area contributed by atoms with E-state index in [1.54, 1.807) is 24.5 Å². The number of ketones is 1. The molecule has 0 N–H and O–H groups in total. The quantitative estimate of drug-likeness (QED) is 0.203. The molecular formula is C35H36F6N8O. The summed E-state index contributed by atoms with van der Waals surface area (Å²) in [6, 6.07) is 14.9. The van der Waals surface area contributed by atoms with Gasteiger partial charge in [-0.2, -0.15) is 26.3 Å². The Balaban J connectivity index is 1.16. The summed E-state index contributed by atoms with van der Waals surface area (Å²) in [5, 5.41) is 0. The van der Waals surface area contributed by atoms with Crippen molar-refractivity contribution in [2.24, 2.45) is 0 Å². The van der Waals surface area contributed by atoms with Crippen LogP contribution in [0.25, 0.3) is 0 Å². The predicted octanol–water partition coefficient (Wildman–Crippen LogP) is 5.39. The fourth-order valence-electron chi connectivity index (χ4n) is 6.44. The normalized spacial score (nSPS) is 17.8. The number of carbonyl (C=O) groups is 1. The van der Waals surface area contributed by atoms with Crippen LogP contribution in [0.2, 0.25) is 0 Å². The molecule has 2 aliphatic rings. The highest BCUT2D eigenvalue weighted by molar-refractivity contribution is 5.91. The van der Waals surface area contributed by atoms with Gasteiger partial charge >= 0.3 is 12.4 Å². The molecule has 0 aliphatic carbocycles. The van der Waals surface area contributed by atoms with Gasteiger partial charge in [0.05, 0.1) is 34.4 Å². The lowest BCUT2D eigenvalue weighted by atomic mass is 9.86. The number of pyridine rings is 4. The maximum Gasteiger partial charge on any atom is 0.416 e. The summed E-state index contributed by atoms with van der Waals surface area (Å²) in [5.74, 6) is -0.771. The zero-order valence-corrected chi connectivity index (χ0v) is 27.1. The van der Waals surface area contributed by atoms with Crippen LogP contribution < -0.4 is 9.80 Å². The first-order valence-electron chi connectivity index (χ1n) is 16.3. The largest absolute Gasteiger partial charge is 0.416 e. The number of carbonyl (C=O) groups excluding carboxylic acids is 1. The van der Waals surface area contributed by atoms with Crippen molar-refractivity contribution < 1.29 is 31.1 Å². The summed E-state index contributed by atoms with van der Waals surface area (Å²) in [5.41, 5.74) is -0.276. The molecule has 2 unspecified atom stereocenters. The zero-order valence-electron chi connectivity index (χ0n) is 27.1. The third-order valence-electron chi connectivity index (χ3n) is 9.20. The summed E-state index contributed by atoms with van der Waals surface area (Å²) in [7, 11) is 0. The second-order valence-electron chi connectivity index (χ2n) is 12.4. The lowest BCUT2D eigenvalue weighted by Gasteiger charge is -2.38. The summed E-state index contributed by atoms with van der Waals surface area (Å²) in [6.45, 7) is 4.50. The lowest BCUT2D eigenvalue weighted by Crippen LogP contribution is -2.50. The Morgan fingerprint density at radius 3 is 1.30 bits per heavy atom. The van der Waals surface area contributed by atoms with E-state index in [9.17, 15) is 31.1 Å². The standard InChI is InChI=1S/C35H36F6N8O/c36-34(37,38)25-7-11-44-31(21-25)48-17-13-46(14-18-48)23-27(29-5-1-3-9-42-29)33(50)28(30-6-2-4-10-43-30)24-47-15-19-49(20-16-47)32-22-26(8-12-45-32)35(39,40)41/h1-12,21-22,27-28H,13-20,23-24H2. The minimum absolute atomic E-state index is 0.0636. The molecule has 15 heteroatoms. The second kappa shape index (κ2) is 15.1. The van der Waals surface area contributed by atoms with Crippen molar-refractivity contribution in [3.05, 3.63) is 108 Å². The fraction of sp³-hybridized carbons (Fsp3) is 0.400. The summed E-state index contributed by atoms with van der Waals surface area (Å²) in [6.07, 6.45) is -3.31. The van der Waals surface area contributed by atoms with E-state index in [4.69, 9.17) is 0 Å². The van der Waals surface area contributed by atoms with Gasteiger partial charge in [0, 0.05) is 90.2 Å². The Morgan fingerprint density at radius 1 is 0.560 bits per heavy atom. The van der Waals surface area contributed by atoms with Gasteiger partial charge in [0.25, 0.3) is 0 Å². The van der Waals surface area contributed by atoms with Crippen molar-refractivity contribution in [3.63, 3.8) is 0 Å². The highest BCUT2D eigenvalue weighted by atomic mass is 19.4. The molecule has 6 rings (SSSR count). The summed E-state index contributed by atoms with van der Waals surface area (Å²) in [4.78, 5) is 39.9. The van der Waals surface area contributed by atoms with E-state index in [1.165, 1.54) is 12.4 Å². The van der Waals surface area contributed by atoms with Crippen molar-refractivity contribution in [2.45, 2.75) is 24.2 Å². The van der Waals surface area contributed by atoms with E-state index >= 15 is 0 Å². The average Bonchev–Trinajstić information content (AvgIpc) is 3.13. The molecule has 0 saturated carbocycles. The molecule has 6 heterocycles. The van der Waals surface area contributed by atoms with Crippen molar-refractivity contribution in [2.75, 3.05) is 75.2 Å². The molecule has 4 aromatic rings. The number of rotatable bonds is 10. The third-order valence-corrected chi connectivity index (χ3v) is 9.20. The van der Waals surface area contributed by atoms with Crippen molar-refractivity contribution in [3.8, 4) is 0 Å². The predicted molar refractivity (Wildman–Crippen MR) is 175 cm³/mol. The Labute approximate surface area is 285 Å².